The molecule has 0 aliphatic carbocycles. The van der Waals surface area contributed by atoms with E-state index in [9.17, 15) is 4.79 Å². The minimum Gasteiger partial charge on any atom is -0.488 e. The summed E-state index contributed by atoms with van der Waals surface area (Å²) in [6.07, 6.45) is 1.56. The van der Waals surface area contributed by atoms with Gasteiger partial charge in [0.15, 0.2) is 5.17 Å². The molecule has 7 heteroatoms. The number of halogens is 1. The molecular weight excluding hydrogens is 346 g/mol. The van der Waals surface area contributed by atoms with Gasteiger partial charge in [0, 0.05) is 10.6 Å². The molecule has 1 heterocycles. The smallest absolute Gasteiger partial charge is 0.236 e. The lowest BCUT2D eigenvalue weighted by molar-refractivity contribution is -0.116. The molecule has 0 aromatic heterocycles. The van der Waals surface area contributed by atoms with Crippen molar-refractivity contribution in [2.45, 2.75) is 6.61 Å². The zero-order chi connectivity index (χ0) is 16.8. The average molecular weight is 360 g/mol. The fourth-order valence-corrected chi connectivity index (χ4v) is 2.82. The number of benzene rings is 2. The topological polar surface area (TPSA) is 63.0 Å². The summed E-state index contributed by atoms with van der Waals surface area (Å²) in [5.74, 6) is 0.968. The van der Waals surface area contributed by atoms with Crippen LogP contribution in [0.4, 0.5) is 0 Å². The van der Waals surface area contributed by atoms with Gasteiger partial charge in [-0.15, -0.1) is 5.10 Å². The van der Waals surface area contributed by atoms with Crippen LogP contribution in [0.2, 0.25) is 5.02 Å². The zero-order valence-electron chi connectivity index (χ0n) is 12.6. The third-order valence-electron chi connectivity index (χ3n) is 3.14. The Labute approximate surface area is 148 Å². The first-order valence-electron chi connectivity index (χ1n) is 7.21. The van der Waals surface area contributed by atoms with E-state index in [0.717, 1.165) is 11.1 Å². The van der Waals surface area contributed by atoms with Crippen molar-refractivity contribution in [1.29, 1.82) is 0 Å². The van der Waals surface area contributed by atoms with E-state index in [-0.39, 0.29) is 5.91 Å². The van der Waals surface area contributed by atoms with Gasteiger partial charge in [0.25, 0.3) is 0 Å². The number of carbonyl (C=O) groups is 1. The molecule has 1 N–H and O–H groups in total. The van der Waals surface area contributed by atoms with Crippen LogP contribution in [0.1, 0.15) is 11.1 Å². The number of amides is 1. The van der Waals surface area contributed by atoms with Crippen LogP contribution >= 0.6 is 23.4 Å². The van der Waals surface area contributed by atoms with Crippen LogP contribution in [-0.2, 0) is 11.4 Å². The zero-order valence-corrected chi connectivity index (χ0v) is 14.2. The van der Waals surface area contributed by atoms with Crippen molar-refractivity contribution in [3.8, 4) is 5.75 Å². The lowest BCUT2D eigenvalue weighted by Crippen LogP contribution is -2.19. The van der Waals surface area contributed by atoms with E-state index in [2.05, 4.69) is 15.5 Å². The Morgan fingerprint density at radius 2 is 2.08 bits per heavy atom. The summed E-state index contributed by atoms with van der Waals surface area (Å²) >= 11 is 7.36. The van der Waals surface area contributed by atoms with Crippen LogP contribution < -0.4 is 10.1 Å². The summed E-state index contributed by atoms with van der Waals surface area (Å²) in [6.45, 7) is 0.448. The van der Waals surface area contributed by atoms with Crippen molar-refractivity contribution in [2.75, 3.05) is 5.75 Å². The van der Waals surface area contributed by atoms with Gasteiger partial charge in [-0.25, -0.2) is 0 Å². The normalized spacial score (nSPS) is 15.9. The van der Waals surface area contributed by atoms with E-state index in [1.807, 2.05) is 30.3 Å². The number of amidine groups is 1. The standard InChI is InChI=1S/C17H14ClN3O2S/c18-14-6-7-15(23-10-12-4-2-1-3-5-12)13(8-14)9-19-21-17-20-16(22)11-24-17/h1-9H,10-11H2,(H,20,21,22). The second-order valence-corrected chi connectivity index (χ2v) is 6.34. The van der Waals surface area contributed by atoms with Crippen molar-refractivity contribution in [3.63, 3.8) is 0 Å². The highest BCUT2D eigenvalue weighted by atomic mass is 35.5. The second-order valence-electron chi connectivity index (χ2n) is 4.94. The van der Waals surface area contributed by atoms with Crippen LogP contribution in [0.25, 0.3) is 0 Å². The molecule has 1 amide bonds. The monoisotopic (exact) mass is 359 g/mol. The average Bonchev–Trinajstić information content (AvgIpc) is 3.00. The van der Waals surface area contributed by atoms with Crippen molar-refractivity contribution in [2.24, 2.45) is 10.2 Å². The van der Waals surface area contributed by atoms with Crippen molar-refractivity contribution in [1.82, 2.24) is 5.32 Å². The minimum atomic E-state index is -0.0661. The van der Waals surface area contributed by atoms with E-state index in [0.29, 0.717) is 28.3 Å². The van der Waals surface area contributed by atoms with Crippen LogP contribution in [-0.4, -0.2) is 23.0 Å². The number of carbonyl (C=O) groups excluding carboxylic acids is 1. The molecular formula is C17H14ClN3O2S. The van der Waals surface area contributed by atoms with Gasteiger partial charge in [-0.2, -0.15) is 5.10 Å². The maximum Gasteiger partial charge on any atom is 0.236 e. The fourth-order valence-electron chi connectivity index (χ4n) is 2.01. The van der Waals surface area contributed by atoms with Crippen molar-refractivity contribution >= 4 is 40.7 Å². The number of nitrogens with one attached hydrogen (secondary N) is 1. The van der Waals surface area contributed by atoms with Crippen molar-refractivity contribution < 1.29 is 9.53 Å². The predicted molar refractivity (Wildman–Crippen MR) is 97.9 cm³/mol. The third-order valence-corrected chi connectivity index (χ3v) is 4.24. The predicted octanol–water partition coefficient (Wildman–Crippen LogP) is 3.47. The van der Waals surface area contributed by atoms with E-state index >= 15 is 0 Å². The molecule has 0 unspecified atom stereocenters. The number of rotatable bonds is 5. The van der Waals surface area contributed by atoms with Gasteiger partial charge in [-0.05, 0) is 23.8 Å². The molecule has 2 aromatic carbocycles. The second kappa shape index (κ2) is 7.99. The number of thioether (sulfide) groups is 1. The van der Waals surface area contributed by atoms with Gasteiger partial charge in [0.1, 0.15) is 12.4 Å². The lowest BCUT2D eigenvalue weighted by Gasteiger charge is -2.09. The van der Waals surface area contributed by atoms with Gasteiger partial charge in [-0.1, -0.05) is 53.7 Å². The molecule has 1 saturated heterocycles. The molecule has 2 aromatic rings. The highest BCUT2D eigenvalue weighted by molar-refractivity contribution is 8.15. The summed E-state index contributed by atoms with van der Waals surface area (Å²) in [5, 5.41) is 11.7. The summed E-state index contributed by atoms with van der Waals surface area (Å²) < 4.78 is 5.84. The highest BCUT2D eigenvalue weighted by Gasteiger charge is 2.16. The number of hydrogen-bond acceptors (Lipinski definition) is 5. The van der Waals surface area contributed by atoms with Gasteiger partial charge in [-0.3, -0.25) is 4.79 Å². The minimum absolute atomic E-state index is 0.0661. The molecule has 122 valence electrons. The maximum atomic E-state index is 11.1. The molecule has 1 aliphatic heterocycles. The molecule has 1 fully saturated rings. The van der Waals surface area contributed by atoms with E-state index in [4.69, 9.17) is 16.3 Å². The Morgan fingerprint density at radius 3 is 2.83 bits per heavy atom. The van der Waals surface area contributed by atoms with Gasteiger partial charge >= 0.3 is 0 Å². The molecule has 0 bridgehead atoms. The van der Waals surface area contributed by atoms with Crippen molar-refractivity contribution in [3.05, 3.63) is 64.7 Å². The Kier molecular flexibility index (Phi) is 5.51. The molecule has 0 atom stereocenters. The van der Waals surface area contributed by atoms with E-state index in [1.54, 1.807) is 24.4 Å². The Bertz CT molecular complexity index is 794. The van der Waals surface area contributed by atoms with Crippen LogP contribution in [0.3, 0.4) is 0 Å². The summed E-state index contributed by atoms with van der Waals surface area (Å²) in [6, 6.07) is 15.2. The van der Waals surface area contributed by atoms with Crippen LogP contribution in [0.15, 0.2) is 58.7 Å². The molecule has 24 heavy (non-hydrogen) atoms. The van der Waals surface area contributed by atoms with Gasteiger partial charge < -0.3 is 10.1 Å². The Hall–Kier alpha value is -2.31. The molecule has 5 nitrogen and oxygen atoms in total. The number of ether oxygens (including phenoxy) is 1. The van der Waals surface area contributed by atoms with E-state index in [1.165, 1.54) is 11.8 Å². The Balaban J connectivity index is 1.72. The summed E-state index contributed by atoms with van der Waals surface area (Å²) in [4.78, 5) is 11.1. The first kappa shape index (κ1) is 16.5. The fraction of sp³-hybridized carbons (Fsp3) is 0.118. The molecule has 0 saturated carbocycles. The maximum absolute atomic E-state index is 11.1. The third kappa shape index (κ3) is 4.59. The summed E-state index contributed by atoms with van der Waals surface area (Å²) in [7, 11) is 0. The SMILES string of the molecule is O=C1CSC(=NN=Cc2cc(Cl)ccc2OCc2ccccc2)N1. The quantitative estimate of drug-likeness (QED) is 0.656. The number of hydrogen-bond donors (Lipinski definition) is 1. The molecule has 1 aliphatic rings. The largest absolute Gasteiger partial charge is 0.488 e. The first-order valence-corrected chi connectivity index (χ1v) is 8.57. The molecule has 0 spiro atoms. The lowest BCUT2D eigenvalue weighted by atomic mass is 10.2. The van der Waals surface area contributed by atoms with Crippen LogP contribution in [0, 0.1) is 0 Å². The summed E-state index contributed by atoms with van der Waals surface area (Å²) in [5.41, 5.74) is 1.79. The highest BCUT2D eigenvalue weighted by Crippen LogP contribution is 2.22. The Morgan fingerprint density at radius 1 is 1.25 bits per heavy atom. The van der Waals surface area contributed by atoms with E-state index < -0.39 is 0 Å². The molecule has 0 radical (unpaired) electrons. The molecule has 3 rings (SSSR count). The number of nitrogens with zero attached hydrogens (tertiary/aromatic N) is 2. The first-order chi connectivity index (χ1) is 11.7. The van der Waals surface area contributed by atoms with Crippen LogP contribution in [0.5, 0.6) is 5.75 Å². The van der Waals surface area contributed by atoms with Gasteiger partial charge in [0.05, 0.1) is 12.0 Å². The van der Waals surface area contributed by atoms with Gasteiger partial charge in [0.2, 0.25) is 5.91 Å².